The first-order chi connectivity index (χ1) is 16.9. The van der Waals surface area contributed by atoms with Crippen LogP contribution in [-0.4, -0.2) is 30.0 Å². The molecule has 0 bridgehead atoms. The number of hydrogen-bond donors (Lipinski definition) is 1. The van der Waals surface area contributed by atoms with E-state index in [4.69, 9.17) is 21.1 Å². The number of aliphatic hydroxyl groups excluding tert-OH is 1. The van der Waals surface area contributed by atoms with E-state index in [1.54, 1.807) is 42.5 Å². The van der Waals surface area contributed by atoms with E-state index in [2.05, 4.69) is 0 Å². The summed E-state index contributed by atoms with van der Waals surface area (Å²) < 4.78 is 11.1. The van der Waals surface area contributed by atoms with Gasteiger partial charge in [0, 0.05) is 11.3 Å². The number of anilines is 1. The summed E-state index contributed by atoms with van der Waals surface area (Å²) in [5, 5.41) is 11.7. The average molecular weight is 492 g/mol. The first-order valence-corrected chi connectivity index (χ1v) is 11.8. The number of hydrogen-bond acceptors (Lipinski definition) is 5. The van der Waals surface area contributed by atoms with Crippen molar-refractivity contribution < 1.29 is 24.2 Å². The predicted molar refractivity (Wildman–Crippen MR) is 136 cm³/mol. The van der Waals surface area contributed by atoms with Crippen molar-refractivity contribution in [1.29, 1.82) is 0 Å². The highest BCUT2D eigenvalue weighted by atomic mass is 35.5. The smallest absolute Gasteiger partial charge is 0.300 e. The van der Waals surface area contributed by atoms with E-state index < -0.39 is 17.7 Å². The molecule has 0 aliphatic carbocycles. The van der Waals surface area contributed by atoms with Gasteiger partial charge in [-0.1, -0.05) is 35.9 Å². The fourth-order valence-corrected chi connectivity index (χ4v) is 4.40. The van der Waals surface area contributed by atoms with Crippen molar-refractivity contribution in [3.8, 4) is 11.5 Å². The maximum absolute atomic E-state index is 13.4. The van der Waals surface area contributed by atoms with Gasteiger partial charge < -0.3 is 14.6 Å². The Balaban J connectivity index is 1.91. The zero-order valence-electron chi connectivity index (χ0n) is 19.7. The fraction of sp³-hybridized carbons (Fsp3) is 0.214. The van der Waals surface area contributed by atoms with E-state index in [1.807, 2.05) is 45.0 Å². The minimum atomic E-state index is -0.819. The summed E-state index contributed by atoms with van der Waals surface area (Å²) in [4.78, 5) is 28.1. The van der Waals surface area contributed by atoms with Gasteiger partial charge in [0.25, 0.3) is 11.7 Å². The van der Waals surface area contributed by atoms with E-state index in [9.17, 15) is 14.7 Å². The molecule has 7 heteroatoms. The van der Waals surface area contributed by atoms with Crippen molar-refractivity contribution in [1.82, 2.24) is 0 Å². The Hall–Kier alpha value is -3.77. The monoisotopic (exact) mass is 491 g/mol. The van der Waals surface area contributed by atoms with Gasteiger partial charge in [0.15, 0.2) is 0 Å². The minimum Gasteiger partial charge on any atom is -0.507 e. The number of Topliss-reactive ketones (excluding diaryl/α,β-unsaturated/α-hetero) is 1. The number of amides is 1. The number of benzene rings is 3. The van der Waals surface area contributed by atoms with E-state index in [0.29, 0.717) is 41.0 Å². The van der Waals surface area contributed by atoms with Crippen LogP contribution in [0, 0.1) is 6.92 Å². The van der Waals surface area contributed by atoms with Crippen LogP contribution in [-0.2, 0) is 9.59 Å². The fourth-order valence-electron chi connectivity index (χ4n) is 4.23. The quantitative estimate of drug-likeness (QED) is 0.246. The molecule has 1 amide bonds. The van der Waals surface area contributed by atoms with Crippen LogP contribution in [0.2, 0.25) is 5.02 Å². The largest absolute Gasteiger partial charge is 0.507 e. The summed E-state index contributed by atoms with van der Waals surface area (Å²) in [5.74, 6) is -0.737. The van der Waals surface area contributed by atoms with E-state index >= 15 is 0 Å². The molecular weight excluding hydrogens is 466 g/mol. The molecule has 3 aromatic carbocycles. The lowest BCUT2D eigenvalue weighted by molar-refractivity contribution is -0.132. The molecule has 1 saturated heterocycles. The number of nitrogens with zero attached hydrogens (tertiary/aromatic N) is 1. The highest BCUT2D eigenvalue weighted by Crippen LogP contribution is 2.43. The van der Waals surface area contributed by atoms with Gasteiger partial charge in [-0.3, -0.25) is 14.5 Å². The maximum Gasteiger partial charge on any atom is 0.300 e. The van der Waals surface area contributed by atoms with Crippen LogP contribution in [0.5, 0.6) is 11.5 Å². The third kappa shape index (κ3) is 4.62. The number of aryl methyl sites for hydroxylation is 1. The lowest BCUT2D eigenvalue weighted by atomic mass is 9.92. The molecule has 1 N–H and O–H groups in total. The molecule has 1 aliphatic rings. The zero-order chi connectivity index (χ0) is 25.1. The van der Waals surface area contributed by atoms with Crippen molar-refractivity contribution in [3.63, 3.8) is 0 Å². The van der Waals surface area contributed by atoms with Gasteiger partial charge in [-0.2, -0.15) is 0 Å². The molecular formula is C28H26ClNO5. The maximum atomic E-state index is 13.4. The van der Waals surface area contributed by atoms with Crippen LogP contribution in [0.3, 0.4) is 0 Å². The Labute approximate surface area is 209 Å². The molecule has 6 nitrogen and oxygen atoms in total. The van der Waals surface area contributed by atoms with Crippen molar-refractivity contribution in [3.05, 3.63) is 94.0 Å². The summed E-state index contributed by atoms with van der Waals surface area (Å²) in [7, 11) is 0. The predicted octanol–water partition coefficient (Wildman–Crippen LogP) is 6.07. The second kappa shape index (κ2) is 10.2. The van der Waals surface area contributed by atoms with Gasteiger partial charge in [-0.15, -0.1) is 0 Å². The van der Waals surface area contributed by atoms with Gasteiger partial charge in [0.2, 0.25) is 0 Å². The Bertz CT molecular complexity index is 1300. The number of halogens is 1. The Morgan fingerprint density at radius 2 is 1.66 bits per heavy atom. The Morgan fingerprint density at radius 3 is 2.31 bits per heavy atom. The normalized spacial score (nSPS) is 17.0. The molecule has 0 radical (unpaired) electrons. The standard InChI is InChI=1S/C28H26ClNO5/c1-4-34-20-13-11-19(12-14-20)30-25(21-9-7-6-8-17(21)3)24(27(32)28(30)33)26(31)18-10-15-22(29)23(16-18)35-5-2/h6-16,25,31H,4-5H2,1-3H3/b26-24+. The number of ketones is 1. The van der Waals surface area contributed by atoms with Crippen LogP contribution in [0.15, 0.2) is 72.3 Å². The molecule has 4 rings (SSSR count). The molecule has 1 atom stereocenters. The lowest BCUT2D eigenvalue weighted by Crippen LogP contribution is -2.29. The van der Waals surface area contributed by atoms with Crippen LogP contribution < -0.4 is 14.4 Å². The third-order valence-corrected chi connectivity index (χ3v) is 6.17. The Kier molecular flexibility index (Phi) is 7.12. The van der Waals surface area contributed by atoms with Crippen molar-refractivity contribution in [2.45, 2.75) is 26.8 Å². The molecule has 0 spiro atoms. The van der Waals surface area contributed by atoms with Gasteiger partial charge in [0.1, 0.15) is 17.3 Å². The third-order valence-electron chi connectivity index (χ3n) is 5.86. The molecule has 1 unspecified atom stereocenters. The average Bonchev–Trinajstić information content (AvgIpc) is 3.11. The SMILES string of the molecule is CCOc1ccc(N2C(=O)C(=O)/C(=C(/O)c3ccc(Cl)c(OCC)c3)C2c2ccccc2C)cc1. The summed E-state index contributed by atoms with van der Waals surface area (Å²) in [6, 6.07) is 18.4. The summed E-state index contributed by atoms with van der Waals surface area (Å²) in [6.45, 7) is 6.51. The van der Waals surface area contributed by atoms with Gasteiger partial charge in [0.05, 0.1) is 29.9 Å². The molecule has 35 heavy (non-hydrogen) atoms. The molecule has 180 valence electrons. The first-order valence-electron chi connectivity index (χ1n) is 11.4. The van der Waals surface area contributed by atoms with Gasteiger partial charge in [-0.25, -0.2) is 0 Å². The second-order valence-corrected chi connectivity index (χ2v) is 8.44. The molecule has 1 heterocycles. The number of rotatable bonds is 7. The van der Waals surface area contributed by atoms with Crippen LogP contribution in [0.1, 0.15) is 36.6 Å². The second-order valence-electron chi connectivity index (χ2n) is 8.03. The highest BCUT2D eigenvalue weighted by Gasteiger charge is 2.47. The number of carbonyl (C=O) groups is 2. The van der Waals surface area contributed by atoms with E-state index in [1.165, 1.54) is 4.90 Å². The minimum absolute atomic E-state index is 0.00274. The molecule has 1 fully saturated rings. The highest BCUT2D eigenvalue weighted by molar-refractivity contribution is 6.51. The number of aliphatic hydroxyl groups is 1. The molecule has 1 aliphatic heterocycles. The van der Waals surface area contributed by atoms with Crippen LogP contribution >= 0.6 is 11.6 Å². The molecule has 0 aromatic heterocycles. The summed E-state index contributed by atoms with van der Waals surface area (Å²) >= 11 is 6.21. The topological polar surface area (TPSA) is 76.1 Å². The van der Waals surface area contributed by atoms with Crippen molar-refractivity contribution in [2.75, 3.05) is 18.1 Å². The van der Waals surface area contributed by atoms with Crippen LogP contribution in [0.4, 0.5) is 5.69 Å². The van der Waals surface area contributed by atoms with E-state index in [-0.39, 0.29) is 11.3 Å². The van der Waals surface area contributed by atoms with Gasteiger partial charge in [-0.05, 0) is 74.4 Å². The van der Waals surface area contributed by atoms with Crippen molar-refractivity contribution in [2.24, 2.45) is 0 Å². The van der Waals surface area contributed by atoms with Gasteiger partial charge >= 0.3 is 0 Å². The first kappa shape index (κ1) is 24.4. The summed E-state index contributed by atoms with van der Waals surface area (Å²) in [5.41, 5.74) is 2.48. The zero-order valence-corrected chi connectivity index (χ0v) is 20.5. The number of carbonyl (C=O) groups excluding carboxylic acids is 2. The Morgan fingerprint density at radius 1 is 0.971 bits per heavy atom. The number of ether oxygens (including phenoxy) is 2. The molecule has 3 aromatic rings. The van der Waals surface area contributed by atoms with E-state index in [0.717, 1.165) is 11.1 Å². The van der Waals surface area contributed by atoms with Crippen molar-refractivity contribution >= 4 is 34.7 Å². The summed E-state index contributed by atoms with van der Waals surface area (Å²) in [6.07, 6.45) is 0. The van der Waals surface area contributed by atoms with Crippen LogP contribution in [0.25, 0.3) is 5.76 Å². The molecule has 0 saturated carbocycles. The lowest BCUT2D eigenvalue weighted by Gasteiger charge is -2.26.